The van der Waals surface area contributed by atoms with Gasteiger partial charge in [0.15, 0.2) is 6.10 Å². The smallest absolute Gasteiger partial charge is 0.352 e. The monoisotopic (exact) mass is 492 g/mol. The molecule has 1 aliphatic rings. The first-order chi connectivity index (χ1) is 16.0. The van der Waals surface area contributed by atoms with Gasteiger partial charge in [0.2, 0.25) is 12.0 Å². The standard InChI is InChI=1S/C22H24N2O9S/c1-9(2)8-31-13-6-5-11(7-12(13)23-4)19-24-10(3)18(34-19)21(30)33-22-16(27)14(25)15(26)17(32-22)20(28)29/h5-7,9,14-17,22,25-27H,8H2,1-3H3,(H,28,29). The lowest BCUT2D eigenvalue weighted by Gasteiger charge is -2.37. The average Bonchev–Trinajstić information content (AvgIpc) is 3.19. The second kappa shape index (κ2) is 10.5. The first kappa shape index (κ1) is 25.5. The van der Waals surface area contributed by atoms with Crippen LogP contribution in [0.4, 0.5) is 5.69 Å². The predicted octanol–water partition coefficient (Wildman–Crippen LogP) is 1.75. The third-order valence-electron chi connectivity index (χ3n) is 4.92. The molecular weight excluding hydrogens is 468 g/mol. The van der Waals surface area contributed by atoms with Crippen molar-refractivity contribution in [3.8, 4) is 16.3 Å². The topological polar surface area (TPSA) is 160 Å². The lowest BCUT2D eigenvalue weighted by molar-refractivity contribution is -0.278. The van der Waals surface area contributed by atoms with Gasteiger partial charge in [-0.3, -0.25) is 0 Å². The quantitative estimate of drug-likeness (QED) is 0.331. The molecule has 34 heavy (non-hydrogen) atoms. The molecule has 0 spiro atoms. The van der Waals surface area contributed by atoms with Gasteiger partial charge in [-0.05, 0) is 25.0 Å². The molecule has 0 radical (unpaired) electrons. The fourth-order valence-electron chi connectivity index (χ4n) is 3.13. The molecule has 182 valence electrons. The number of aliphatic hydroxyl groups excluding tert-OH is 3. The van der Waals surface area contributed by atoms with Crippen LogP contribution in [0.3, 0.4) is 0 Å². The second-order valence-corrected chi connectivity index (χ2v) is 9.07. The maximum Gasteiger partial charge on any atom is 0.352 e. The third kappa shape index (κ3) is 5.35. The van der Waals surface area contributed by atoms with Crippen LogP contribution in [0, 0.1) is 19.4 Å². The largest absolute Gasteiger partial charge is 0.504 e. The number of thiazole rings is 1. The van der Waals surface area contributed by atoms with Crippen LogP contribution in [-0.2, 0) is 14.3 Å². The summed E-state index contributed by atoms with van der Waals surface area (Å²) < 4.78 is 15.7. The van der Waals surface area contributed by atoms with Gasteiger partial charge in [0, 0.05) is 5.56 Å². The maximum absolute atomic E-state index is 12.7. The van der Waals surface area contributed by atoms with E-state index >= 15 is 0 Å². The fourth-order valence-corrected chi connectivity index (χ4v) is 4.08. The maximum atomic E-state index is 12.7. The minimum atomic E-state index is -1.90. The molecule has 5 atom stereocenters. The lowest BCUT2D eigenvalue weighted by atomic mass is 9.99. The molecular formula is C22H24N2O9S. The minimum Gasteiger partial charge on any atom is -0.504 e. The first-order valence-corrected chi connectivity index (χ1v) is 11.1. The van der Waals surface area contributed by atoms with Crippen LogP contribution in [0.15, 0.2) is 18.2 Å². The Balaban J connectivity index is 1.80. The van der Waals surface area contributed by atoms with Crippen molar-refractivity contribution in [3.63, 3.8) is 0 Å². The summed E-state index contributed by atoms with van der Waals surface area (Å²) in [4.78, 5) is 31.8. The summed E-state index contributed by atoms with van der Waals surface area (Å²) in [6.07, 6.45) is -9.36. The van der Waals surface area contributed by atoms with Crippen molar-refractivity contribution >= 4 is 29.0 Å². The molecule has 4 N–H and O–H groups in total. The third-order valence-corrected chi connectivity index (χ3v) is 6.10. The van der Waals surface area contributed by atoms with E-state index in [1.54, 1.807) is 25.1 Å². The average molecular weight is 493 g/mol. The summed E-state index contributed by atoms with van der Waals surface area (Å²) in [6, 6.07) is 4.96. The molecule has 2 aromatic rings. The molecule has 1 aromatic carbocycles. The zero-order chi connectivity index (χ0) is 25.2. The van der Waals surface area contributed by atoms with Crippen molar-refractivity contribution in [1.29, 1.82) is 0 Å². The van der Waals surface area contributed by atoms with Crippen molar-refractivity contribution in [2.75, 3.05) is 6.61 Å². The van der Waals surface area contributed by atoms with Crippen LogP contribution in [0.25, 0.3) is 15.4 Å². The minimum absolute atomic E-state index is 0.0581. The van der Waals surface area contributed by atoms with Crippen LogP contribution < -0.4 is 4.74 Å². The highest BCUT2D eigenvalue weighted by molar-refractivity contribution is 7.17. The number of carbonyl (C=O) groups is 2. The summed E-state index contributed by atoms with van der Waals surface area (Å²) in [5, 5.41) is 39.2. The number of carboxylic acids is 1. The molecule has 1 aromatic heterocycles. The van der Waals surface area contributed by atoms with Crippen molar-refractivity contribution in [2.24, 2.45) is 5.92 Å². The summed E-state index contributed by atoms with van der Waals surface area (Å²) >= 11 is 0.968. The number of hydrogen-bond acceptors (Lipinski definition) is 10. The molecule has 2 heterocycles. The van der Waals surface area contributed by atoms with E-state index in [4.69, 9.17) is 25.9 Å². The van der Waals surface area contributed by atoms with Crippen molar-refractivity contribution in [1.82, 2.24) is 4.98 Å². The number of nitrogens with zero attached hydrogens (tertiary/aromatic N) is 2. The number of aliphatic hydroxyl groups is 3. The van der Waals surface area contributed by atoms with Gasteiger partial charge >= 0.3 is 11.9 Å². The van der Waals surface area contributed by atoms with Gasteiger partial charge in [-0.15, -0.1) is 11.3 Å². The van der Waals surface area contributed by atoms with E-state index in [2.05, 4.69) is 9.83 Å². The Hall–Kier alpha value is -3.08. The van der Waals surface area contributed by atoms with Crippen LogP contribution in [-0.4, -0.2) is 74.7 Å². The highest BCUT2D eigenvalue weighted by Crippen LogP contribution is 2.36. The van der Waals surface area contributed by atoms with Gasteiger partial charge < -0.3 is 34.6 Å². The Morgan fingerprint density at radius 1 is 1.24 bits per heavy atom. The van der Waals surface area contributed by atoms with Gasteiger partial charge in [-0.25, -0.2) is 19.4 Å². The van der Waals surface area contributed by atoms with E-state index in [1.165, 1.54) is 0 Å². The number of rotatable bonds is 7. The molecule has 0 saturated carbocycles. The van der Waals surface area contributed by atoms with Crippen LogP contribution in [0.5, 0.6) is 5.75 Å². The zero-order valence-electron chi connectivity index (χ0n) is 18.5. The molecule has 12 heteroatoms. The molecule has 0 aliphatic carbocycles. The molecule has 0 amide bonds. The van der Waals surface area contributed by atoms with Crippen molar-refractivity contribution < 1.29 is 44.2 Å². The number of esters is 1. The number of hydrogen-bond donors (Lipinski definition) is 4. The molecule has 1 fully saturated rings. The Morgan fingerprint density at radius 2 is 1.94 bits per heavy atom. The van der Waals surface area contributed by atoms with E-state index in [0.717, 1.165) is 11.3 Å². The number of aliphatic carboxylic acids is 1. The molecule has 3 rings (SSSR count). The van der Waals surface area contributed by atoms with Crippen LogP contribution in [0.2, 0.25) is 0 Å². The summed E-state index contributed by atoms with van der Waals surface area (Å²) in [7, 11) is 0. The number of aryl methyl sites for hydroxylation is 1. The van der Waals surface area contributed by atoms with Gasteiger partial charge in [-0.1, -0.05) is 19.9 Å². The molecule has 11 nitrogen and oxygen atoms in total. The molecule has 5 unspecified atom stereocenters. The van der Waals surface area contributed by atoms with Crippen molar-refractivity contribution in [3.05, 3.63) is 40.2 Å². The Labute approximate surface area is 199 Å². The number of benzene rings is 1. The van der Waals surface area contributed by atoms with Gasteiger partial charge in [0.1, 0.15) is 33.9 Å². The lowest BCUT2D eigenvalue weighted by Crippen LogP contribution is -2.60. The normalized spacial score (nSPS) is 24.5. The number of ether oxygens (including phenoxy) is 3. The number of carboxylic acid groups (broad SMARTS) is 1. The first-order valence-electron chi connectivity index (χ1n) is 10.3. The highest BCUT2D eigenvalue weighted by atomic mass is 32.1. The van der Waals surface area contributed by atoms with E-state index in [1.807, 2.05) is 13.8 Å². The fraction of sp³-hybridized carbons (Fsp3) is 0.455. The second-order valence-electron chi connectivity index (χ2n) is 8.07. The Kier molecular flexibility index (Phi) is 7.86. The molecule has 0 bridgehead atoms. The molecule has 1 saturated heterocycles. The van der Waals surface area contributed by atoms with Crippen LogP contribution in [0.1, 0.15) is 29.2 Å². The van der Waals surface area contributed by atoms with E-state index in [-0.39, 0.29) is 10.8 Å². The van der Waals surface area contributed by atoms with Crippen LogP contribution >= 0.6 is 11.3 Å². The summed E-state index contributed by atoms with van der Waals surface area (Å²) in [6.45, 7) is 13.4. The van der Waals surface area contributed by atoms with E-state index in [0.29, 0.717) is 34.3 Å². The summed E-state index contributed by atoms with van der Waals surface area (Å²) in [5.74, 6) is -1.82. The SMILES string of the molecule is [C-]#[N+]c1cc(-c2nc(C)c(C(=O)OC3OC(C(=O)O)C(O)C(O)C3O)s2)ccc1OCC(C)C. The van der Waals surface area contributed by atoms with E-state index in [9.17, 15) is 24.9 Å². The molecule has 1 aliphatic heterocycles. The predicted molar refractivity (Wildman–Crippen MR) is 119 cm³/mol. The number of carbonyl (C=O) groups excluding carboxylic acids is 1. The summed E-state index contributed by atoms with van der Waals surface area (Å²) in [5.41, 5.74) is 1.17. The van der Waals surface area contributed by atoms with Gasteiger partial charge in [0.25, 0.3) is 0 Å². The zero-order valence-corrected chi connectivity index (χ0v) is 19.4. The number of aromatic nitrogens is 1. The highest BCUT2D eigenvalue weighted by Gasteiger charge is 2.48. The Morgan fingerprint density at radius 3 is 2.56 bits per heavy atom. The van der Waals surface area contributed by atoms with Gasteiger partial charge in [-0.2, -0.15) is 0 Å². The van der Waals surface area contributed by atoms with Gasteiger partial charge in [0.05, 0.1) is 18.9 Å². The van der Waals surface area contributed by atoms with Crippen molar-refractivity contribution in [2.45, 2.75) is 51.5 Å². The van der Waals surface area contributed by atoms with E-state index < -0.39 is 42.6 Å². The Bertz CT molecular complexity index is 1110.